The first-order valence-electron chi connectivity index (χ1n) is 6.65. The van der Waals surface area contributed by atoms with Crippen LogP contribution in [0.5, 0.6) is 0 Å². The van der Waals surface area contributed by atoms with Crippen LogP contribution in [-0.4, -0.2) is 32.9 Å². The van der Waals surface area contributed by atoms with Gasteiger partial charge in [0, 0.05) is 5.75 Å². The van der Waals surface area contributed by atoms with Gasteiger partial charge in [-0.15, -0.1) is 10.2 Å². The van der Waals surface area contributed by atoms with Crippen molar-refractivity contribution >= 4 is 11.8 Å². The molecule has 0 unspecified atom stereocenters. The number of hydrogen-bond acceptors (Lipinski definition) is 5. The van der Waals surface area contributed by atoms with E-state index in [0.717, 1.165) is 23.9 Å². The highest BCUT2D eigenvalue weighted by atomic mass is 32.2. The molecule has 0 fully saturated rings. The van der Waals surface area contributed by atoms with Crippen LogP contribution in [0.4, 0.5) is 0 Å². The molecule has 6 heteroatoms. The van der Waals surface area contributed by atoms with Crippen molar-refractivity contribution in [3.63, 3.8) is 0 Å². The molecule has 0 aliphatic rings. The second-order valence-electron chi connectivity index (χ2n) is 4.15. The lowest BCUT2D eigenvalue weighted by atomic mass is 10.1. The minimum Gasteiger partial charge on any atom is -0.330 e. The number of nitrogens with zero attached hydrogens (tertiary/aromatic N) is 3. The van der Waals surface area contributed by atoms with Crippen molar-refractivity contribution in [1.29, 1.82) is 0 Å². The van der Waals surface area contributed by atoms with Crippen LogP contribution >= 0.6 is 11.8 Å². The van der Waals surface area contributed by atoms with E-state index in [-0.39, 0.29) is 0 Å². The van der Waals surface area contributed by atoms with E-state index in [9.17, 15) is 0 Å². The summed E-state index contributed by atoms with van der Waals surface area (Å²) in [6.07, 6.45) is 13.0. The third kappa shape index (κ3) is 8.25. The highest BCUT2D eigenvalue weighted by Gasteiger charge is 1.97. The second-order valence-corrected chi connectivity index (χ2v) is 5.21. The topological polar surface area (TPSA) is 80.5 Å². The molecule has 0 spiro atoms. The Balaban J connectivity index is 1.81. The van der Waals surface area contributed by atoms with Gasteiger partial charge in [-0.25, -0.2) is 0 Å². The van der Waals surface area contributed by atoms with Crippen LogP contribution in [0.2, 0.25) is 0 Å². The maximum Gasteiger partial charge on any atom is 0.230 e. The molecule has 0 bridgehead atoms. The number of unbranched alkanes of at least 4 members (excludes halogenated alkanes) is 5. The monoisotopic (exact) mass is 269 g/mol. The van der Waals surface area contributed by atoms with E-state index in [1.165, 1.54) is 38.5 Å². The third-order valence-corrected chi connectivity index (χ3v) is 3.49. The number of tetrazole rings is 1. The van der Waals surface area contributed by atoms with Gasteiger partial charge in [0.05, 0.1) is 0 Å². The van der Waals surface area contributed by atoms with Crippen LogP contribution in [0.3, 0.4) is 0 Å². The molecule has 5 nitrogen and oxygen atoms in total. The lowest BCUT2D eigenvalue weighted by Gasteiger charge is -1.97. The van der Waals surface area contributed by atoms with E-state index in [0.29, 0.717) is 0 Å². The Labute approximate surface area is 113 Å². The van der Waals surface area contributed by atoms with Crippen molar-refractivity contribution in [1.82, 2.24) is 20.6 Å². The summed E-state index contributed by atoms with van der Waals surface area (Å²) in [5, 5.41) is 14.5. The highest BCUT2D eigenvalue weighted by molar-refractivity contribution is 7.99. The SMILES string of the molecule is NCCCC/C=C\CCCCCSc1nn[nH]n1. The molecule has 0 aliphatic carbocycles. The first kappa shape index (κ1) is 15.2. The molecule has 0 atom stereocenters. The zero-order valence-electron chi connectivity index (χ0n) is 10.8. The number of H-pyrrole nitrogens is 1. The molecule has 18 heavy (non-hydrogen) atoms. The molecule has 1 heterocycles. The van der Waals surface area contributed by atoms with Gasteiger partial charge in [0.2, 0.25) is 5.16 Å². The normalized spacial score (nSPS) is 11.4. The molecule has 0 aromatic carbocycles. The number of aromatic nitrogens is 4. The number of thioether (sulfide) groups is 1. The summed E-state index contributed by atoms with van der Waals surface area (Å²) in [4.78, 5) is 0. The van der Waals surface area contributed by atoms with E-state index >= 15 is 0 Å². The minimum absolute atomic E-state index is 0.745. The number of nitrogens with two attached hydrogens (primary N) is 1. The fraction of sp³-hybridized carbons (Fsp3) is 0.750. The van der Waals surface area contributed by atoms with E-state index in [2.05, 4.69) is 32.8 Å². The average Bonchev–Trinajstić information content (AvgIpc) is 2.89. The molecule has 1 aromatic rings. The summed E-state index contributed by atoms with van der Waals surface area (Å²) in [5.41, 5.74) is 5.43. The lowest BCUT2D eigenvalue weighted by molar-refractivity contribution is 0.727. The zero-order valence-corrected chi connectivity index (χ0v) is 11.7. The molecular weight excluding hydrogens is 246 g/mol. The maximum atomic E-state index is 5.43. The molecule has 102 valence electrons. The van der Waals surface area contributed by atoms with Crippen molar-refractivity contribution in [2.24, 2.45) is 5.73 Å². The average molecular weight is 269 g/mol. The zero-order chi connectivity index (χ0) is 12.9. The first-order chi connectivity index (χ1) is 8.93. The smallest absolute Gasteiger partial charge is 0.230 e. The summed E-state index contributed by atoms with van der Waals surface area (Å²) in [6.45, 7) is 0.811. The summed E-state index contributed by atoms with van der Waals surface area (Å²) in [7, 11) is 0. The molecule has 1 rings (SSSR count). The van der Waals surface area contributed by atoms with Crippen LogP contribution in [0.25, 0.3) is 0 Å². The summed E-state index contributed by atoms with van der Waals surface area (Å²) in [5.74, 6) is 1.07. The van der Waals surface area contributed by atoms with Gasteiger partial charge in [0.15, 0.2) is 0 Å². The van der Waals surface area contributed by atoms with Crippen molar-refractivity contribution in [2.75, 3.05) is 12.3 Å². The molecule has 3 N–H and O–H groups in total. The van der Waals surface area contributed by atoms with Gasteiger partial charge in [-0.2, -0.15) is 5.21 Å². The van der Waals surface area contributed by atoms with Crippen LogP contribution in [0.15, 0.2) is 17.3 Å². The van der Waals surface area contributed by atoms with Crippen LogP contribution in [0.1, 0.15) is 44.9 Å². The molecule has 1 aromatic heterocycles. The van der Waals surface area contributed by atoms with Crippen molar-refractivity contribution in [3.8, 4) is 0 Å². The predicted molar refractivity (Wildman–Crippen MR) is 75.4 cm³/mol. The van der Waals surface area contributed by atoms with Gasteiger partial charge in [-0.3, -0.25) is 0 Å². The number of nitrogens with one attached hydrogen (secondary N) is 1. The molecule has 0 radical (unpaired) electrons. The minimum atomic E-state index is 0.745. The highest BCUT2D eigenvalue weighted by Crippen LogP contribution is 2.13. The lowest BCUT2D eigenvalue weighted by Crippen LogP contribution is -1.96. The van der Waals surface area contributed by atoms with Gasteiger partial charge < -0.3 is 5.73 Å². The summed E-state index contributed by atoms with van der Waals surface area (Å²) < 4.78 is 0. The van der Waals surface area contributed by atoms with Crippen LogP contribution in [-0.2, 0) is 0 Å². The molecule has 0 aliphatic heterocycles. The van der Waals surface area contributed by atoms with Gasteiger partial charge in [-0.05, 0) is 50.3 Å². The molecule has 0 saturated carbocycles. The van der Waals surface area contributed by atoms with Crippen molar-refractivity contribution < 1.29 is 0 Å². The standard InChI is InChI=1S/C12H23N5S/c13-10-8-6-4-2-1-3-5-7-9-11-18-12-14-16-17-15-12/h1-2H,3-11,13H2,(H,14,15,16,17)/b2-1-. The quantitative estimate of drug-likeness (QED) is 0.366. The maximum absolute atomic E-state index is 5.43. The fourth-order valence-corrected chi connectivity index (χ4v) is 2.30. The number of rotatable bonds is 11. The van der Waals surface area contributed by atoms with E-state index < -0.39 is 0 Å². The van der Waals surface area contributed by atoms with Crippen molar-refractivity contribution in [2.45, 2.75) is 50.1 Å². The Morgan fingerprint density at radius 1 is 1.06 bits per heavy atom. The number of allylic oxidation sites excluding steroid dienone is 2. The Morgan fingerprint density at radius 2 is 1.83 bits per heavy atom. The Hall–Kier alpha value is -0.880. The summed E-state index contributed by atoms with van der Waals surface area (Å²) in [6, 6.07) is 0. The van der Waals surface area contributed by atoms with Gasteiger partial charge in [-0.1, -0.05) is 30.3 Å². The third-order valence-electron chi connectivity index (χ3n) is 2.56. The largest absolute Gasteiger partial charge is 0.330 e. The van der Waals surface area contributed by atoms with E-state index in [1.807, 2.05) is 0 Å². The summed E-state index contributed by atoms with van der Waals surface area (Å²) >= 11 is 1.66. The van der Waals surface area contributed by atoms with Gasteiger partial charge in [0.1, 0.15) is 0 Å². The predicted octanol–water partition coefficient (Wildman–Crippen LogP) is 2.54. The Kier molecular flexibility index (Phi) is 9.46. The molecule has 0 amide bonds. The first-order valence-corrected chi connectivity index (χ1v) is 7.63. The molecule has 0 saturated heterocycles. The fourth-order valence-electron chi connectivity index (χ4n) is 1.56. The van der Waals surface area contributed by atoms with Gasteiger partial charge in [0.25, 0.3) is 0 Å². The van der Waals surface area contributed by atoms with E-state index in [4.69, 9.17) is 5.73 Å². The number of hydrogen-bond donors (Lipinski definition) is 2. The van der Waals surface area contributed by atoms with Gasteiger partial charge >= 0.3 is 0 Å². The van der Waals surface area contributed by atoms with E-state index in [1.54, 1.807) is 11.8 Å². The van der Waals surface area contributed by atoms with Crippen LogP contribution < -0.4 is 5.73 Å². The Bertz CT molecular complexity index is 299. The second kappa shape index (κ2) is 11.2. The number of aromatic amines is 1. The van der Waals surface area contributed by atoms with Crippen LogP contribution in [0, 0.1) is 0 Å². The Morgan fingerprint density at radius 3 is 2.50 bits per heavy atom. The van der Waals surface area contributed by atoms with Crippen molar-refractivity contribution in [3.05, 3.63) is 12.2 Å². The molecular formula is C12H23N5S.